The summed E-state index contributed by atoms with van der Waals surface area (Å²) in [5.41, 5.74) is 1.85. The van der Waals surface area contributed by atoms with Crippen molar-refractivity contribution in [2.45, 2.75) is 13.0 Å². The van der Waals surface area contributed by atoms with E-state index in [0.717, 1.165) is 5.69 Å². The van der Waals surface area contributed by atoms with Gasteiger partial charge in [0, 0.05) is 24.9 Å². The van der Waals surface area contributed by atoms with Gasteiger partial charge in [-0.3, -0.25) is 10.1 Å². The number of carbonyl (C=O) groups excluding carboxylic acids is 2. The van der Waals surface area contributed by atoms with Gasteiger partial charge >= 0.3 is 6.03 Å². The van der Waals surface area contributed by atoms with Gasteiger partial charge in [-0.1, -0.05) is 12.1 Å². The van der Waals surface area contributed by atoms with Gasteiger partial charge < -0.3 is 10.6 Å². The lowest BCUT2D eigenvalue weighted by Crippen LogP contribution is -2.28. The van der Waals surface area contributed by atoms with Crippen molar-refractivity contribution in [1.29, 1.82) is 0 Å². The van der Waals surface area contributed by atoms with Crippen LogP contribution in [0.3, 0.4) is 0 Å². The van der Waals surface area contributed by atoms with Crippen LogP contribution in [-0.4, -0.2) is 33.7 Å². The maximum absolute atomic E-state index is 13.1. The second-order valence-corrected chi connectivity index (χ2v) is 6.58. The van der Waals surface area contributed by atoms with E-state index in [1.807, 2.05) is 5.38 Å². The first kappa shape index (κ1) is 19.4. The van der Waals surface area contributed by atoms with Gasteiger partial charge in [-0.15, -0.1) is 11.3 Å². The predicted molar refractivity (Wildman–Crippen MR) is 102 cm³/mol. The highest BCUT2D eigenvalue weighted by atomic mass is 32.1. The molecular formula is C18H17FN6O2S. The molecule has 28 heavy (non-hydrogen) atoms. The summed E-state index contributed by atoms with van der Waals surface area (Å²) in [6, 6.07) is 7.16. The molecule has 3 rings (SSSR count). The number of anilines is 1. The minimum atomic E-state index is -0.427. The topological polar surface area (TPSA) is 109 Å². The highest BCUT2D eigenvalue weighted by Crippen LogP contribution is 2.15. The molecule has 0 aliphatic heterocycles. The van der Waals surface area contributed by atoms with Crippen LogP contribution in [0, 0.1) is 5.82 Å². The van der Waals surface area contributed by atoms with Crippen LogP contribution in [-0.2, 0) is 13.0 Å². The molecule has 0 atom stereocenters. The van der Waals surface area contributed by atoms with Gasteiger partial charge in [0.05, 0.1) is 23.7 Å². The zero-order valence-corrected chi connectivity index (χ0v) is 15.5. The third kappa shape index (κ3) is 5.81. The Morgan fingerprint density at radius 3 is 2.82 bits per heavy atom. The van der Waals surface area contributed by atoms with E-state index in [0.29, 0.717) is 29.2 Å². The van der Waals surface area contributed by atoms with Crippen molar-refractivity contribution in [2.75, 3.05) is 11.9 Å². The van der Waals surface area contributed by atoms with E-state index < -0.39 is 6.03 Å². The molecule has 3 aromatic rings. The number of urea groups is 1. The summed E-state index contributed by atoms with van der Waals surface area (Å²) in [6.45, 7) is 0.605. The van der Waals surface area contributed by atoms with Crippen molar-refractivity contribution in [2.24, 2.45) is 0 Å². The van der Waals surface area contributed by atoms with E-state index >= 15 is 0 Å². The number of hydrogen-bond donors (Lipinski definition) is 3. The number of nitrogens with zero attached hydrogens (tertiary/aromatic N) is 3. The van der Waals surface area contributed by atoms with E-state index in [9.17, 15) is 14.0 Å². The molecule has 0 aliphatic carbocycles. The number of hydrogen-bond acceptors (Lipinski definition) is 6. The Morgan fingerprint density at radius 1 is 1.14 bits per heavy atom. The Balaban J connectivity index is 1.41. The quantitative estimate of drug-likeness (QED) is 0.564. The van der Waals surface area contributed by atoms with E-state index in [-0.39, 0.29) is 18.3 Å². The zero-order chi connectivity index (χ0) is 19.8. The Hall–Kier alpha value is -3.40. The largest absolute Gasteiger partial charge is 0.352 e. The summed E-state index contributed by atoms with van der Waals surface area (Å²) < 4.78 is 13.1. The number of thiazole rings is 1. The highest BCUT2D eigenvalue weighted by Gasteiger charge is 2.08. The third-order valence-electron chi connectivity index (χ3n) is 3.63. The maximum atomic E-state index is 13.1. The molecular weight excluding hydrogens is 383 g/mol. The average molecular weight is 400 g/mol. The van der Waals surface area contributed by atoms with Crippen molar-refractivity contribution in [1.82, 2.24) is 25.8 Å². The SMILES string of the molecule is O=C(NCc1cccc(F)c1)Nc1nc(CCNC(=O)c2ccnnc2)cs1. The molecule has 0 bridgehead atoms. The maximum Gasteiger partial charge on any atom is 0.321 e. The molecule has 2 aromatic heterocycles. The lowest BCUT2D eigenvalue weighted by atomic mass is 10.2. The van der Waals surface area contributed by atoms with Crippen LogP contribution in [0.15, 0.2) is 48.1 Å². The fraction of sp³-hybridized carbons (Fsp3) is 0.167. The van der Waals surface area contributed by atoms with Crippen LogP contribution >= 0.6 is 11.3 Å². The summed E-state index contributed by atoms with van der Waals surface area (Å²) in [7, 11) is 0. The lowest BCUT2D eigenvalue weighted by Gasteiger charge is -2.05. The zero-order valence-electron chi connectivity index (χ0n) is 14.7. The first-order chi connectivity index (χ1) is 13.6. The van der Waals surface area contributed by atoms with Gasteiger partial charge in [0.25, 0.3) is 5.91 Å². The molecule has 10 heteroatoms. The summed E-state index contributed by atoms with van der Waals surface area (Å²) in [5, 5.41) is 17.6. The van der Waals surface area contributed by atoms with Crippen LogP contribution in [0.25, 0.3) is 0 Å². The summed E-state index contributed by atoms with van der Waals surface area (Å²) >= 11 is 1.28. The van der Waals surface area contributed by atoms with Gasteiger partial charge in [-0.25, -0.2) is 14.2 Å². The van der Waals surface area contributed by atoms with Crippen molar-refractivity contribution in [3.63, 3.8) is 0 Å². The number of benzene rings is 1. The molecule has 0 radical (unpaired) electrons. The molecule has 0 fully saturated rings. The van der Waals surface area contributed by atoms with E-state index in [1.54, 1.807) is 18.2 Å². The molecule has 0 saturated carbocycles. The smallest absolute Gasteiger partial charge is 0.321 e. The molecule has 0 aliphatic rings. The van der Waals surface area contributed by atoms with Crippen LogP contribution in [0.2, 0.25) is 0 Å². The normalized spacial score (nSPS) is 10.3. The van der Waals surface area contributed by atoms with E-state index in [2.05, 4.69) is 31.1 Å². The summed E-state index contributed by atoms with van der Waals surface area (Å²) in [4.78, 5) is 28.1. The molecule has 0 saturated heterocycles. The van der Waals surface area contributed by atoms with Crippen LogP contribution in [0.1, 0.15) is 21.6 Å². The average Bonchev–Trinajstić information content (AvgIpc) is 3.14. The minimum Gasteiger partial charge on any atom is -0.352 e. The molecule has 0 spiro atoms. The number of rotatable bonds is 7. The molecule has 1 aromatic carbocycles. The number of halogens is 1. The van der Waals surface area contributed by atoms with Crippen LogP contribution in [0.4, 0.5) is 14.3 Å². The fourth-order valence-electron chi connectivity index (χ4n) is 2.28. The minimum absolute atomic E-state index is 0.206. The van der Waals surface area contributed by atoms with E-state index in [4.69, 9.17) is 0 Å². The number of nitrogens with one attached hydrogen (secondary N) is 3. The highest BCUT2D eigenvalue weighted by molar-refractivity contribution is 7.13. The molecule has 3 N–H and O–H groups in total. The first-order valence-electron chi connectivity index (χ1n) is 8.39. The Labute approximate surface area is 164 Å². The second kappa shape index (κ2) is 9.51. The molecule has 3 amide bonds. The molecule has 0 unspecified atom stereocenters. The van der Waals surface area contributed by atoms with Crippen LogP contribution < -0.4 is 16.0 Å². The number of amides is 3. The number of carbonyl (C=O) groups is 2. The number of aromatic nitrogens is 3. The fourth-order valence-corrected chi connectivity index (χ4v) is 3.02. The summed E-state index contributed by atoms with van der Waals surface area (Å²) in [5.74, 6) is -0.586. The Kier molecular flexibility index (Phi) is 6.58. The molecule has 144 valence electrons. The Morgan fingerprint density at radius 2 is 2.04 bits per heavy atom. The van der Waals surface area contributed by atoms with Crippen molar-refractivity contribution in [3.05, 3.63) is 70.7 Å². The van der Waals surface area contributed by atoms with Crippen molar-refractivity contribution in [3.8, 4) is 0 Å². The standard InChI is InChI=1S/C18H17FN6O2S/c19-14-3-1-2-12(8-14)9-21-17(27)25-18-24-15(11-28-18)5-6-20-16(26)13-4-7-22-23-10-13/h1-4,7-8,10-11H,5-6,9H2,(H,20,26)(H2,21,24,25,27). The summed E-state index contributed by atoms with van der Waals surface area (Å²) in [6.07, 6.45) is 3.36. The van der Waals surface area contributed by atoms with Gasteiger partial charge in [0.1, 0.15) is 5.82 Å². The molecule has 8 nitrogen and oxygen atoms in total. The monoisotopic (exact) mass is 400 g/mol. The Bertz CT molecular complexity index is 950. The molecule has 2 heterocycles. The predicted octanol–water partition coefficient (Wildman–Crippen LogP) is 2.37. The van der Waals surface area contributed by atoms with Gasteiger partial charge in [0.2, 0.25) is 0 Å². The lowest BCUT2D eigenvalue weighted by molar-refractivity contribution is 0.0953. The van der Waals surface area contributed by atoms with Crippen molar-refractivity contribution < 1.29 is 14.0 Å². The van der Waals surface area contributed by atoms with Gasteiger partial charge in [-0.05, 0) is 23.8 Å². The van der Waals surface area contributed by atoms with Gasteiger partial charge in [-0.2, -0.15) is 10.2 Å². The first-order valence-corrected chi connectivity index (χ1v) is 9.27. The van der Waals surface area contributed by atoms with Gasteiger partial charge in [0.15, 0.2) is 5.13 Å². The third-order valence-corrected chi connectivity index (χ3v) is 4.43. The van der Waals surface area contributed by atoms with Crippen molar-refractivity contribution >= 4 is 28.4 Å². The van der Waals surface area contributed by atoms with E-state index in [1.165, 1.54) is 35.9 Å². The van der Waals surface area contributed by atoms with Crippen LogP contribution in [0.5, 0.6) is 0 Å². The second-order valence-electron chi connectivity index (χ2n) is 5.72.